The molecule has 1 heterocycles. The molecule has 1 aliphatic rings. The zero-order valence-corrected chi connectivity index (χ0v) is 13.0. The molecule has 25 heavy (non-hydrogen) atoms. The molecule has 0 aromatic heterocycles. The number of nitrogens with zero attached hydrogens (tertiary/aromatic N) is 1. The van der Waals surface area contributed by atoms with Gasteiger partial charge in [-0.2, -0.15) is 5.10 Å². The average Bonchev–Trinajstić information content (AvgIpc) is 3.07. The average molecular weight is 343 g/mol. The van der Waals surface area contributed by atoms with Crippen LogP contribution in [0.5, 0.6) is 11.5 Å². The van der Waals surface area contributed by atoms with E-state index in [2.05, 4.69) is 15.8 Å². The quantitative estimate of drug-likeness (QED) is 0.635. The lowest BCUT2D eigenvalue weighted by atomic mass is 10.2. The molecule has 0 atom stereocenters. The van der Waals surface area contributed by atoms with Crippen molar-refractivity contribution < 1.29 is 23.5 Å². The molecular weight excluding hydrogens is 329 g/mol. The Hall–Kier alpha value is -3.42. The van der Waals surface area contributed by atoms with Crippen molar-refractivity contribution in [1.82, 2.24) is 10.7 Å². The van der Waals surface area contributed by atoms with E-state index in [4.69, 9.17) is 9.47 Å². The molecule has 8 heteroatoms. The van der Waals surface area contributed by atoms with Crippen LogP contribution in [0.1, 0.15) is 15.9 Å². The van der Waals surface area contributed by atoms with Crippen molar-refractivity contribution in [2.75, 3.05) is 13.3 Å². The smallest absolute Gasteiger partial charge is 0.259 e. The lowest BCUT2D eigenvalue weighted by Crippen LogP contribution is -2.34. The molecule has 0 spiro atoms. The minimum atomic E-state index is -0.547. The predicted molar refractivity (Wildman–Crippen MR) is 87.0 cm³/mol. The van der Waals surface area contributed by atoms with Gasteiger partial charge in [-0.15, -0.1) is 0 Å². The molecular formula is C17H14FN3O4. The zero-order chi connectivity index (χ0) is 17.6. The van der Waals surface area contributed by atoms with E-state index in [1.807, 2.05) is 0 Å². The van der Waals surface area contributed by atoms with Crippen molar-refractivity contribution in [3.05, 3.63) is 59.4 Å². The number of benzene rings is 2. The van der Waals surface area contributed by atoms with Crippen molar-refractivity contribution in [3.8, 4) is 11.5 Å². The molecule has 2 aromatic rings. The van der Waals surface area contributed by atoms with Gasteiger partial charge in [-0.1, -0.05) is 6.07 Å². The summed E-state index contributed by atoms with van der Waals surface area (Å²) in [7, 11) is 0. The molecule has 0 aliphatic carbocycles. The molecule has 1 aliphatic heterocycles. The maximum Gasteiger partial charge on any atom is 0.259 e. The third-order valence-electron chi connectivity index (χ3n) is 3.30. The van der Waals surface area contributed by atoms with Crippen molar-refractivity contribution in [2.24, 2.45) is 5.10 Å². The maximum absolute atomic E-state index is 13.0. The number of amides is 2. The highest BCUT2D eigenvalue weighted by atomic mass is 19.1. The Labute approximate surface area is 142 Å². The molecule has 0 unspecified atom stereocenters. The third kappa shape index (κ3) is 4.31. The third-order valence-corrected chi connectivity index (χ3v) is 3.30. The number of fused-ring (bicyclic) bond motifs is 1. The van der Waals surface area contributed by atoms with E-state index in [-0.39, 0.29) is 18.9 Å². The summed E-state index contributed by atoms with van der Waals surface area (Å²) in [5.41, 5.74) is 3.14. The van der Waals surface area contributed by atoms with E-state index in [0.29, 0.717) is 17.1 Å². The van der Waals surface area contributed by atoms with Crippen LogP contribution in [0.4, 0.5) is 4.39 Å². The van der Waals surface area contributed by atoms with Gasteiger partial charge in [0.15, 0.2) is 11.5 Å². The first kappa shape index (κ1) is 16.4. The Morgan fingerprint density at radius 3 is 2.84 bits per heavy atom. The number of hydrogen-bond donors (Lipinski definition) is 2. The first-order valence-corrected chi connectivity index (χ1v) is 7.37. The highest BCUT2D eigenvalue weighted by molar-refractivity contribution is 5.96. The monoisotopic (exact) mass is 343 g/mol. The molecule has 7 nitrogen and oxygen atoms in total. The van der Waals surface area contributed by atoms with Gasteiger partial charge in [-0.05, 0) is 42.0 Å². The van der Waals surface area contributed by atoms with Crippen LogP contribution in [0.2, 0.25) is 0 Å². The van der Waals surface area contributed by atoms with Crippen LogP contribution in [0.3, 0.4) is 0 Å². The van der Waals surface area contributed by atoms with Gasteiger partial charge in [0, 0.05) is 5.56 Å². The molecule has 0 saturated carbocycles. The van der Waals surface area contributed by atoms with Crippen LogP contribution < -0.4 is 20.2 Å². The van der Waals surface area contributed by atoms with E-state index >= 15 is 0 Å². The fraction of sp³-hybridized carbons (Fsp3) is 0.118. The summed E-state index contributed by atoms with van der Waals surface area (Å²) >= 11 is 0. The standard InChI is InChI=1S/C17H14FN3O4/c18-13-3-1-2-12(7-13)17(23)19-9-16(22)21-20-8-11-4-5-14-15(6-11)25-10-24-14/h1-8H,9-10H2,(H,19,23)(H,21,22)/b20-8-. The van der Waals surface area contributed by atoms with Crippen molar-refractivity contribution in [1.29, 1.82) is 0 Å². The Morgan fingerprint density at radius 2 is 2.00 bits per heavy atom. The second-order valence-corrected chi connectivity index (χ2v) is 5.10. The number of halogens is 1. The summed E-state index contributed by atoms with van der Waals surface area (Å²) in [4.78, 5) is 23.4. The van der Waals surface area contributed by atoms with E-state index in [9.17, 15) is 14.0 Å². The Kier molecular flexibility index (Phi) is 4.89. The fourth-order valence-corrected chi connectivity index (χ4v) is 2.10. The van der Waals surface area contributed by atoms with Gasteiger partial charge in [-0.25, -0.2) is 9.82 Å². The lowest BCUT2D eigenvalue weighted by Gasteiger charge is -2.04. The second kappa shape index (κ2) is 7.43. The number of carbonyl (C=O) groups is 2. The van der Waals surface area contributed by atoms with Crippen LogP contribution in [0.25, 0.3) is 0 Å². The van der Waals surface area contributed by atoms with Gasteiger partial charge in [-0.3, -0.25) is 9.59 Å². The predicted octanol–water partition coefficient (Wildman–Crippen LogP) is 1.43. The molecule has 2 amide bonds. The summed E-state index contributed by atoms with van der Waals surface area (Å²) in [5.74, 6) is -0.319. The van der Waals surface area contributed by atoms with Crippen LogP contribution in [0, 0.1) is 5.82 Å². The van der Waals surface area contributed by atoms with Gasteiger partial charge in [0.05, 0.1) is 12.8 Å². The van der Waals surface area contributed by atoms with Crippen molar-refractivity contribution in [3.63, 3.8) is 0 Å². The van der Waals surface area contributed by atoms with Crippen LogP contribution >= 0.6 is 0 Å². The molecule has 2 N–H and O–H groups in total. The van der Waals surface area contributed by atoms with Crippen LogP contribution in [-0.2, 0) is 4.79 Å². The molecule has 128 valence electrons. The highest BCUT2D eigenvalue weighted by Gasteiger charge is 2.12. The van der Waals surface area contributed by atoms with Crippen LogP contribution in [0.15, 0.2) is 47.6 Å². The minimum absolute atomic E-state index is 0.136. The second-order valence-electron chi connectivity index (χ2n) is 5.10. The minimum Gasteiger partial charge on any atom is -0.454 e. The molecule has 0 bridgehead atoms. The number of nitrogens with one attached hydrogen (secondary N) is 2. The SMILES string of the molecule is O=C(CNC(=O)c1cccc(F)c1)N/N=C\c1ccc2c(c1)OCO2. The normalized spacial score (nSPS) is 12.2. The number of hydrazone groups is 1. The van der Waals surface area contributed by atoms with E-state index in [0.717, 1.165) is 6.07 Å². The van der Waals surface area contributed by atoms with Crippen molar-refractivity contribution >= 4 is 18.0 Å². The van der Waals surface area contributed by atoms with Gasteiger partial charge < -0.3 is 14.8 Å². The Bertz CT molecular complexity index is 838. The zero-order valence-electron chi connectivity index (χ0n) is 13.0. The van der Waals surface area contributed by atoms with Crippen LogP contribution in [-0.4, -0.2) is 31.4 Å². The highest BCUT2D eigenvalue weighted by Crippen LogP contribution is 2.31. The van der Waals surface area contributed by atoms with Gasteiger partial charge in [0.1, 0.15) is 5.82 Å². The van der Waals surface area contributed by atoms with E-state index in [1.165, 1.54) is 24.4 Å². The summed E-state index contributed by atoms with van der Waals surface area (Å²) in [6, 6.07) is 10.4. The first-order chi connectivity index (χ1) is 12.1. The largest absolute Gasteiger partial charge is 0.454 e. The Morgan fingerprint density at radius 1 is 1.16 bits per heavy atom. The molecule has 0 saturated heterocycles. The summed E-state index contributed by atoms with van der Waals surface area (Å²) in [6.07, 6.45) is 1.44. The van der Waals surface area contributed by atoms with E-state index < -0.39 is 17.6 Å². The summed E-state index contributed by atoms with van der Waals surface area (Å²) in [6.45, 7) is -0.106. The van der Waals surface area contributed by atoms with Crippen molar-refractivity contribution in [2.45, 2.75) is 0 Å². The number of carbonyl (C=O) groups excluding carboxylic acids is 2. The fourth-order valence-electron chi connectivity index (χ4n) is 2.10. The van der Waals surface area contributed by atoms with Gasteiger partial charge >= 0.3 is 0 Å². The summed E-state index contributed by atoms with van der Waals surface area (Å²) < 4.78 is 23.5. The first-order valence-electron chi connectivity index (χ1n) is 7.37. The lowest BCUT2D eigenvalue weighted by molar-refractivity contribution is -0.120. The Balaban J connectivity index is 1.47. The molecule has 0 fully saturated rings. The van der Waals surface area contributed by atoms with Gasteiger partial charge in [0.25, 0.3) is 11.8 Å². The van der Waals surface area contributed by atoms with E-state index in [1.54, 1.807) is 18.2 Å². The molecule has 0 radical (unpaired) electrons. The van der Waals surface area contributed by atoms with Gasteiger partial charge in [0.2, 0.25) is 6.79 Å². The molecule has 2 aromatic carbocycles. The summed E-state index contributed by atoms with van der Waals surface area (Å²) in [5, 5.41) is 6.18. The maximum atomic E-state index is 13.0. The number of hydrogen-bond acceptors (Lipinski definition) is 5. The molecule has 3 rings (SSSR count). The number of ether oxygens (including phenoxy) is 2. The number of rotatable bonds is 5. The topological polar surface area (TPSA) is 89.0 Å².